The van der Waals surface area contributed by atoms with Gasteiger partial charge < -0.3 is 4.74 Å². The molecule has 4 amide bonds. The molecule has 172 valence electrons. The lowest BCUT2D eigenvalue weighted by Crippen LogP contribution is -2.54. The van der Waals surface area contributed by atoms with Crippen LogP contribution in [0.3, 0.4) is 0 Å². The summed E-state index contributed by atoms with van der Waals surface area (Å²) in [5.74, 6) is -1.80. The third-order valence-corrected chi connectivity index (χ3v) is 5.55. The Hall–Kier alpha value is -4.46. The molecule has 3 aromatic carbocycles. The quantitative estimate of drug-likeness (QED) is 0.361. The molecule has 0 radical (unpaired) electrons. The number of carbonyl (C=O) groups excluding carboxylic acids is 4. The first-order chi connectivity index (χ1) is 16.4. The van der Waals surface area contributed by atoms with Gasteiger partial charge in [-0.3, -0.25) is 24.6 Å². The molecule has 0 spiro atoms. The zero-order valence-corrected chi connectivity index (χ0v) is 18.7. The number of methoxy groups -OCH3 is 1. The zero-order chi connectivity index (χ0) is 24.2. The van der Waals surface area contributed by atoms with E-state index in [1.54, 1.807) is 49.4 Å². The Balaban J connectivity index is 1.66. The predicted octanol–water partition coefficient (Wildman–Crippen LogP) is 3.23. The van der Waals surface area contributed by atoms with Crippen molar-refractivity contribution in [2.45, 2.75) is 19.4 Å². The van der Waals surface area contributed by atoms with Crippen LogP contribution in [0.2, 0.25) is 0 Å². The standard InChI is InChI=1S/C26H23N3O5/c1-3-8-23(30)29(27-25(32)21-14-6-10-17-9-4-5-13-20(17)21)22-16-24(31)28(26(22)33)18-11-7-12-19(15-18)34-2/h3-15,22H,16H2,1-2H3,(H,27,32). The first-order valence-electron chi connectivity index (χ1n) is 10.7. The van der Waals surface area contributed by atoms with Gasteiger partial charge in [-0.1, -0.05) is 48.5 Å². The molecule has 1 heterocycles. The molecule has 1 aliphatic heterocycles. The molecule has 8 nitrogen and oxygen atoms in total. The van der Waals surface area contributed by atoms with E-state index in [-0.39, 0.29) is 6.42 Å². The molecule has 1 fully saturated rings. The van der Waals surface area contributed by atoms with Crippen LogP contribution in [0.4, 0.5) is 5.69 Å². The average Bonchev–Trinajstić information content (AvgIpc) is 3.15. The monoisotopic (exact) mass is 457 g/mol. The Morgan fingerprint density at radius 3 is 2.56 bits per heavy atom. The number of carbonyl (C=O) groups is 4. The second-order valence-corrected chi connectivity index (χ2v) is 7.66. The van der Waals surface area contributed by atoms with E-state index in [0.29, 0.717) is 22.4 Å². The highest BCUT2D eigenvalue weighted by Gasteiger charge is 2.45. The molecule has 4 rings (SSSR count). The Kier molecular flexibility index (Phi) is 6.40. The molecule has 0 aromatic heterocycles. The smallest absolute Gasteiger partial charge is 0.270 e. The number of fused-ring (bicyclic) bond motifs is 1. The maximum Gasteiger partial charge on any atom is 0.270 e. The van der Waals surface area contributed by atoms with E-state index in [9.17, 15) is 19.2 Å². The predicted molar refractivity (Wildman–Crippen MR) is 127 cm³/mol. The Morgan fingerprint density at radius 2 is 1.79 bits per heavy atom. The van der Waals surface area contributed by atoms with E-state index >= 15 is 0 Å². The molecule has 0 bridgehead atoms. The van der Waals surface area contributed by atoms with Gasteiger partial charge in [0, 0.05) is 17.7 Å². The van der Waals surface area contributed by atoms with Crippen LogP contribution in [0.1, 0.15) is 23.7 Å². The molecule has 1 aliphatic rings. The Labute approximate surface area is 196 Å². The van der Waals surface area contributed by atoms with E-state index in [2.05, 4.69) is 5.43 Å². The van der Waals surface area contributed by atoms with Crippen molar-refractivity contribution in [2.24, 2.45) is 0 Å². The van der Waals surface area contributed by atoms with Crippen molar-refractivity contribution in [1.82, 2.24) is 10.4 Å². The van der Waals surface area contributed by atoms with E-state index in [1.807, 2.05) is 24.3 Å². The third-order valence-electron chi connectivity index (χ3n) is 5.55. The highest BCUT2D eigenvalue weighted by Crippen LogP contribution is 2.28. The summed E-state index contributed by atoms with van der Waals surface area (Å²) < 4.78 is 5.19. The van der Waals surface area contributed by atoms with Crippen LogP contribution in [0, 0.1) is 0 Å². The van der Waals surface area contributed by atoms with Crippen LogP contribution in [-0.4, -0.2) is 41.8 Å². The van der Waals surface area contributed by atoms with E-state index in [4.69, 9.17) is 4.74 Å². The first kappa shape index (κ1) is 22.7. The number of nitrogens with zero attached hydrogens (tertiary/aromatic N) is 2. The van der Waals surface area contributed by atoms with E-state index in [1.165, 1.54) is 19.3 Å². The summed E-state index contributed by atoms with van der Waals surface area (Å²) in [6.07, 6.45) is 2.46. The van der Waals surface area contributed by atoms with Crippen molar-refractivity contribution in [3.63, 3.8) is 0 Å². The largest absolute Gasteiger partial charge is 0.497 e. The number of benzene rings is 3. The van der Waals surface area contributed by atoms with Crippen LogP contribution in [0.5, 0.6) is 5.75 Å². The molecular formula is C26H23N3O5. The number of hydrazine groups is 1. The lowest BCUT2D eigenvalue weighted by atomic mass is 10.0. The van der Waals surface area contributed by atoms with Crippen LogP contribution in [-0.2, 0) is 14.4 Å². The van der Waals surface area contributed by atoms with Crippen LogP contribution >= 0.6 is 0 Å². The van der Waals surface area contributed by atoms with Crippen molar-refractivity contribution >= 4 is 40.1 Å². The van der Waals surface area contributed by atoms with Gasteiger partial charge >= 0.3 is 0 Å². The van der Waals surface area contributed by atoms with E-state index in [0.717, 1.165) is 15.3 Å². The fourth-order valence-corrected chi connectivity index (χ4v) is 3.94. The van der Waals surface area contributed by atoms with Gasteiger partial charge in [0.15, 0.2) is 0 Å². The van der Waals surface area contributed by atoms with Crippen molar-refractivity contribution in [3.8, 4) is 5.75 Å². The Bertz CT molecular complexity index is 1310. The molecule has 8 heteroatoms. The fraction of sp³-hybridized carbons (Fsp3) is 0.154. The number of anilines is 1. The van der Waals surface area contributed by atoms with Crippen molar-refractivity contribution in [1.29, 1.82) is 0 Å². The minimum Gasteiger partial charge on any atom is -0.497 e. The molecule has 3 aromatic rings. The summed E-state index contributed by atoms with van der Waals surface area (Å²) in [5.41, 5.74) is 3.24. The number of hydrogen-bond acceptors (Lipinski definition) is 5. The topological polar surface area (TPSA) is 96.0 Å². The van der Waals surface area contributed by atoms with Crippen LogP contribution in [0.25, 0.3) is 10.8 Å². The average molecular weight is 457 g/mol. The molecule has 0 saturated carbocycles. The molecule has 1 atom stereocenters. The summed E-state index contributed by atoms with van der Waals surface area (Å²) in [6, 6.07) is 17.9. The zero-order valence-electron chi connectivity index (χ0n) is 18.7. The first-order valence-corrected chi connectivity index (χ1v) is 10.7. The maximum absolute atomic E-state index is 13.3. The number of nitrogens with one attached hydrogen (secondary N) is 1. The number of amides is 4. The molecule has 34 heavy (non-hydrogen) atoms. The van der Waals surface area contributed by atoms with Crippen molar-refractivity contribution in [3.05, 3.63) is 84.4 Å². The van der Waals surface area contributed by atoms with Crippen molar-refractivity contribution < 1.29 is 23.9 Å². The van der Waals surface area contributed by atoms with Gasteiger partial charge in [-0.25, -0.2) is 9.91 Å². The van der Waals surface area contributed by atoms with Crippen LogP contribution in [0.15, 0.2) is 78.9 Å². The number of hydrogen-bond donors (Lipinski definition) is 1. The van der Waals surface area contributed by atoms with E-state index < -0.39 is 29.7 Å². The van der Waals surface area contributed by atoms with Crippen LogP contribution < -0.4 is 15.1 Å². The molecular weight excluding hydrogens is 434 g/mol. The lowest BCUT2D eigenvalue weighted by molar-refractivity contribution is -0.137. The van der Waals surface area contributed by atoms with Gasteiger partial charge in [0.1, 0.15) is 11.8 Å². The van der Waals surface area contributed by atoms with Gasteiger partial charge in [0.05, 0.1) is 19.2 Å². The second-order valence-electron chi connectivity index (χ2n) is 7.66. The highest BCUT2D eigenvalue weighted by atomic mass is 16.5. The van der Waals surface area contributed by atoms with Gasteiger partial charge in [-0.15, -0.1) is 0 Å². The van der Waals surface area contributed by atoms with Gasteiger partial charge in [-0.05, 0) is 35.9 Å². The molecule has 0 aliphatic carbocycles. The minimum absolute atomic E-state index is 0.269. The number of allylic oxidation sites excluding steroid dienone is 1. The van der Waals surface area contributed by atoms with Crippen molar-refractivity contribution in [2.75, 3.05) is 12.0 Å². The number of rotatable bonds is 5. The molecule has 1 saturated heterocycles. The summed E-state index contributed by atoms with van der Waals surface area (Å²) in [4.78, 5) is 53.2. The summed E-state index contributed by atoms with van der Waals surface area (Å²) in [6.45, 7) is 1.65. The normalized spacial score (nSPS) is 15.7. The maximum atomic E-state index is 13.3. The second kappa shape index (κ2) is 9.58. The summed E-state index contributed by atoms with van der Waals surface area (Å²) >= 11 is 0. The third kappa shape index (κ3) is 4.25. The number of imide groups is 1. The van der Waals surface area contributed by atoms with Gasteiger partial charge in [0.25, 0.3) is 17.7 Å². The lowest BCUT2D eigenvalue weighted by Gasteiger charge is -2.27. The molecule has 1 unspecified atom stereocenters. The molecule has 1 N–H and O–H groups in total. The fourth-order valence-electron chi connectivity index (χ4n) is 3.94. The summed E-state index contributed by atoms with van der Waals surface area (Å²) in [7, 11) is 1.48. The minimum atomic E-state index is -1.19. The summed E-state index contributed by atoms with van der Waals surface area (Å²) in [5, 5.41) is 2.50. The Morgan fingerprint density at radius 1 is 1.06 bits per heavy atom. The SMILES string of the molecule is CC=CC(=O)N(NC(=O)c1cccc2ccccc12)C1CC(=O)N(c2cccc(OC)c2)C1=O. The van der Waals surface area contributed by atoms with Gasteiger partial charge in [0.2, 0.25) is 5.91 Å². The van der Waals surface area contributed by atoms with Gasteiger partial charge in [-0.2, -0.15) is 0 Å². The highest BCUT2D eigenvalue weighted by molar-refractivity contribution is 6.23. The number of ether oxygens (including phenoxy) is 1.